The van der Waals surface area contributed by atoms with Crippen LogP contribution in [0.25, 0.3) is 0 Å². The summed E-state index contributed by atoms with van der Waals surface area (Å²) in [6.07, 6.45) is 6.63. The van der Waals surface area contributed by atoms with Crippen molar-refractivity contribution in [2.24, 2.45) is 0 Å². The molecule has 0 fully saturated rings. The molecule has 0 atom stereocenters. The number of thiophene rings is 1. The van der Waals surface area contributed by atoms with Crippen LogP contribution in [0.15, 0.2) is 35.7 Å². The third kappa shape index (κ3) is 8.85. The SMILES string of the molecule is CCCCCCCC(=O)N(CCCOC)CC(=O)N(Cc1ccc2c(c1)OCO2)Cc1cccs1. The fraction of sp³-hybridized carbons (Fsp3) is 0.556. The quantitative estimate of drug-likeness (QED) is 0.294. The molecular formula is C27H38N2O5S. The molecule has 0 aliphatic carbocycles. The molecule has 0 N–H and O–H groups in total. The summed E-state index contributed by atoms with van der Waals surface area (Å²) in [6.45, 7) is 4.49. The standard InChI is InChI=1S/C27H38N2O5S/c1-3-4-5-6-7-11-26(30)28(14-9-15-32-2)20-27(31)29(19-23-10-8-16-35-23)18-22-12-13-24-25(17-22)34-21-33-24/h8,10,12-13,16-17H,3-7,9,11,14-15,18-21H2,1-2H3. The van der Waals surface area contributed by atoms with Gasteiger partial charge in [-0.2, -0.15) is 0 Å². The molecule has 1 aromatic heterocycles. The molecule has 1 aliphatic rings. The van der Waals surface area contributed by atoms with Crippen molar-refractivity contribution in [2.75, 3.05) is 33.6 Å². The predicted octanol–water partition coefficient (Wildman–Crippen LogP) is 5.23. The van der Waals surface area contributed by atoms with Crippen molar-refractivity contribution in [3.8, 4) is 11.5 Å². The van der Waals surface area contributed by atoms with Crippen molar-refractivity contribution >= 4 is 23.2 Å². The van der Waals surface area contributed by atoms with Gasteiger partial charge in [0.1, 0.15) is 0 Å². The molecule has 3 rings (SSSR count). The first kappa shape index (κ1) is 27.0. The maximum Gasteiger partial charge on any atom is 0.242 e. The van der Waals surface area contributed by atoms with Crippen molar-refractivity contribution in [3.63, 3.8) is 0 Å². The smallest absolute Gasteiger partial charge is 0.242 e. The predicted molar refractivity (Wildman–Crippen MR) is 138 cm³/mol. The van der Waals surface area contributed by atoms with Crippen LogP contribution < -0.4 is 9.47 Å². The molecule has 0 unspecified atom stereocenters. The van der Waals surface area contributed by atoms with E-state index in [0.29, 0.717) is 44.8 Å². The Morgan fingerprint density at radius 2 is 1.80 bits per heavy atom. The average molecular weight is 503 g/mol. The highest BCUT2D eigenvalue weighted by Gasteiger charge is 2.23. The van der Waals surface area contributed by atoms with Crippen molar-refractivity contribution < 1.29 is 23.8 Å². The Bertz CT molecular complexity index is 918. The van der Waals surface area contributed by atoms with Crippen LogP contribution in [-0.4, -0.2) is 55.2 Å². The second-order valence-electron chi connectivity index (χ2n) is 8.84. The van der Waals surface area contributed by atoms with Crippen LogP contribution in [0.2, 0.25) is 0 Å². The summed E-state index contributed by atoms with van der Waals surface area (Å²) in [4.78, 5) is 31.2. The number of methoxy groups -OCH3 is 1. The van der Waals surface area contributed by atoms with Crippen molar-refractivity contribution in [1.82, 2.24) is 9.80 Å². The van der Waals surface area contributed by atoms with E-state index in [2.05, 4.69) is 6.92 Å². The molecule has 1 aromatic carbocycles. The maximum absolute atomic E-state index is 13.5. The zero-order valence-corrected chi connectivity index (χ0v) is 21.8. The summed E-state index contributed by atoms with van der Waals surface area (Å²) < 4.78 is 16.1. The number of hydrogen-bond acceptors (Lipinski definition) is 6. The van der Waals surface area contributed by atoms with Gasteiger partial charge in [0, 0.05) is 38.1 Å². The van der Waals surface area contributed by atoms with E-state index in [4.69, 9.17) is 14.2 Å². The summed E-state index contributed by atoms with van der Waals surface area (Å²) in [5.41, 5.74) is 0.965. The number of hydrogen-bond donors (Lipinski definition) is 0. The van der Waals surface area contributed by atoms with Gasteiger partial charge < -0.3 is 24.0 Å². The number of fused-ring (bicyclic) bond motifs is 1. The summed E-state index contributed by atoms with van der Waals surface area (Å²) in [5.74, 6) is 1.40. The average Bonchev–Trinajstić information content (AvgIpc) is 3.54. The molecule has 0 spiro atoms. The molecule has 192 valence electrons. The number of ether oxygens (including phenoxy) is 3. The summed E-state index contributed by atoms with van der Waals surface area (Å²) in [6, 6.07) is 9.78. The van der Waals surface area contributed by atoms with Gasteiger partial charge in [-0.3, -0.25) is 9.59 Å². The lowest BCUT2D eigenvalue weighted by atomic mass is 10.1. The van der Waals surface area contributed by atoms with Crippen molar-refractivity contribution in [1.29, 1.82) is 0 Å². The van der Waals surface area contributed by atoms with E-state index in [-0.39, 0.29) is 25.2 Å². The van der Waals surface area contributed by atoms with Crippen LogP contribution in [-0.2, 0) is 27.4 Å². The van der Waals surface area contributed by atoms with Crippen LogP contribution in [0.4, 0.5) is 0 Å². The maximum atomic E-state index is 13.5. The van der Waals surface area contributed by atoms with Gasteiger partial charge in [-0.1, -0.05) is 44.7 Å². The van der Waals surface area contributed by atoms with E-state index in [1.807, 2.05) is 40.6 Å². The van der Waals surface area contributed by atoms with E-state index in [0.717, 1.165) is 35.5 Å². The number of benzene rings is 1. The fourth-order valence-electron chi connectivity index (χ4n) is 4.08. The van der Waals surface area contributed by atoms with Gasteiger partial charge in [-0.25, -0.2) is 0 Å². The minimum absolute atomic E-state index is 0.0464. The molecule has 8 heteroatoms. The monoisotopic (exact) mass is 502 g/mol. The third-order valence-corrected chi connectivity index (χ3v) is 6.90. The normalized spacial score (nSPS) is 12.1. The highest BCUT2D eigenvalue weighted by atomic mass is 32.1. The van der Waals surface area contributed by atoms with Crippen molar-refractivity contribution in [3.05, 3.63) is 46.2 Å². The Morgan fingerprint density at radius 1 is 0.971 bits per heavy atom. The molecule has 2 aromatic rings. The summed E-state index contributed by atoms with van der Waals surface area (Å²) in [7, 11) is 1.65. The van der Waals surface area contributed by atoms with Crippen LogP contribution in [0.1, 0.15) is 62.3 Å². The van der Waals surface area contributed by atoms with Crippen molar-refractivity contribution in [2.45, 2.75) is 65.0 Å². The second kappa shape index (κ2) is 14.7. The zero-order chi connectivity index (χ0) is 24.9. The minimum Gasteiger partial charge on any atom is -0.454 e. The number of rotatable bonds is 16. The zero-order valence-electron chi connectivity index (χ0n) is 21.0. The lowest BCUT2D eigenvalue weighted by Crippen LogP contribution is -2.43. The van der Waals surface area contributed by atoms with E-state index < -0.39 is 0 Å². The van der Waals surface area contributed by atoms with Gasteiger partial charge in [-0.05, 0) is 42.0 Å². The summed E-state index contributed by atoms with van der Waals surface area (Å²) in [5, 5.41) is 2.01. The van der Waals surface area contributed by atoms with Gasteiger partial charge in [0.15, 0.2) is 11.5 Å². The highest BCUT2D eigenvalue weighted by molar-refractivity contribution is 7.09. The van der Waals surface area contributed by atoms with E-state index in [9.17, 15) is 9.59 Å². The van der Waals surface area contributed by atoms with Crippen LogP contribution in [0.5, 0.6) is 11.5 Å². The number of amides is 2. The molecule has 7 nitrogen and oxygen atoms in total. The number of nitrogens with zero attached hydrogens (tertiary/aromatic N) is 2. The first-order valence-electron chi connectivity index (χ1n) is 12.6. The Labute approximate surface area is 213 Å². The molecule has 35 heavy (non-hydrogen) atoms. The lowest BCUT2D eigenvalue weighted by molar-refractivity contribution is -0.141. The second-order valence-corrected chi connectivity index (χ2v) is 9.87. The number of unbranched alkanes of at least 4 members (excludes halogenated alkanes) is 4. The van der Waals surface area contributed by atoms with Crippen LogP contribution in [0, 0.1) is 0 Å². The Morgan fingerprint density at radius 3 is 2.57 bits per heavy atom. The number of carbonyl (C=O) groups excluding carboxylic acids is 2. The van der Waals surface area contributed by atoms with Crippen LogP contribution >= 0.6 is 11.3 Å². The van der Waals surface area contributed by atoms with Gasteiger partial charge in [-0.15, -0.1) is 11.3 Å². The molecule has 0 bridgehead atoms. The molecular weight excluding hydrogens is 464 g/mol. The van der Waals surface area contributed by atoms with E-state index in [1.54, 1.807) is 23.3 Å². The Balaban J connectivity index is 1.66. The molecule has 0 saturated heterocycles. The first-order chi connectivity index (χ1) is 17.1. The Hall–Kier alpha value is -2.58. The van der Waals surface area contributed by atoms with E-state index >= 15 is 0 Å². The first-order valence-corrected chi connectivity index (χ1v) is 13.4. The molecule has 0 saturated carbocycles. The minimum atomic E-state index is -0.0622. The fourth-order valence-corrected chi connectivity index (χ4v) is 4.79. The largest absolute Gasteiger partial charge is 0.454 e. The molecule has 1 aliphatic heterocycles. The van der Waals surface area contributed by atoms with Gasteiger partial charge in [0.2, 0.25) is 18.6 Å². The number of carbonyl (C=O) groups is 2. The Kier molecular flexibility index (Phi) is 11.4. The van der Waals surface area contributed by atoms with Crippen LogP contribution in [0.3, 0.4) is 0 Å². The third-order valence-electron chi connectivity index (χ3n) is 6.04. The van der Waals surface area contributed by atoms with E-state index in [1.165, 1.54) is 12.8 Å². The lowest BCUT2D eigenvalue weighted by Gasteiger charge is -2.28. The molecule has 2 heterocycles. The van der Waals surface area contributed by atoms with Gasteiger partial charge in [0.25, 0.3) is 0 Å². The van der Waals surface area contributed by atoms with Gasteiger partial charge >= 0.3 is 0 Å². The highest BCUT2D eigenvalue weighted by Crippen LogP contribution is 2.33. The van der Waals surface area contributed by atoms with Gasteiger partial charge in [0.05, 0.1) is 13.1 Å². The molecule has 0 radical (unpaired) electrons. The molecule has 2 amide bonds. The topological polar surface area (TPSA) is 68.3 Å². The summed E-state index contributed by atoms with van der Waals surface area (Å²) >= 11 is 1.62.